The molecule has 0 radical (unpaired) electrons. The molecule has 0 bridgehead atoms. The van der Waals surface area contributed by atoms with Gasteiger partial charge in [0.15, 0.2) is 0 Å². The molecule has 0 atom stereocenters. The highest BCUT2D eigenvalue weighted by molar-refractivity contribution is 9.10. The molecule has 3 rings (SSSR count). The predicted octanol–water partition coefficient (Wildman–Crippen LogP) is 5.13. The normalized spacial score (nSPS) is 10.6. The van der Waals surface area contributed by atoms with E-state index < -0.39 is 5.91 Å². The van der Waals surface area contributed by atoms with Crippen molar-refractivity contribution in [2.45, 2.75) is 0 Å². The zero-order chi connectivity index (χ0) is 21.5. The van der Waals surface area contributed by atoms with Crippen LogP contribution >= 0.6 is 27.5 Å². The molecule has 6 nitrogen and oxygen atoms in total. The van der Waals surface area contributed by atoms with Crippen LogP contribution < -0.4 is 15.5 Å². The van der Waals surface area contributed by atoms with E-state index in [1.807, 2.05) is 12.1 Å². The van der Waals surface area contributed by atoms with E-state index in [2.05, 4.69) is 31.8 Å². The lowest BCUT2D eigenvalue weighted by Gasteiger charge is -2.07. The lowest BCUT2D eigenvalue weighted by molar-refractivity contribution is 0.0953. The van der Waals surface area contributed by atoms with Crippen LogP contribution in [0.2, 0.25) is 5.02 Å². The van der Waals surface area contributed by atoms with Crippen LogP contribution in [0.25, 0.3) is 0 Å². The number of anilines is 1. The molecule has 0 saturated carbocycles. The molecule has 8 heteroatoms. The smallest absolute Gasteiger partial charge is 0.271 e. The molecule has 0 aliphatic rings. The molecule has 0 saturated heterocycles. The van der Waals surface area contributed by atoms with Crippen LogP contribution in [0.1, 0.15) is 26.3 Å². The minimum Gasteiger partial charge on any atom is -0.496 e. The SMILES string of the molecule is COc1ccc(Br)cc1C=NNC(=O)c1cccc(NC(=O)c2cccc(Cl)c2)c1. The summed E-state index contributed by atoms with van der Waals surface area (Å²) in [5.41, 5.74) is 4.41. The number of hydrogen-bond donors (Lipinski definition) is 2. The molecule has 152 valence electrons. The van der Waals surface area contributed by atoms with Crippen molar-refractivity contribution in [3.8, 4) is 5.75 Å². The summed E-state index contributed by atoms with van der Waals surface area (Å²) in [6.07, 6.45) is 1.49. The van der Waals surface area contributed by atoms with Gasteiger partial charge in [-0.05, 0) is 54.6 Å². The van der Waals surface area contributed by atoms with E-state index in [4.69, 9.17) is 16.3 Å². The second kappa shape index (κ2) is 10.0. The minimum atomic E-state index is -0.418. The number of amides is 2. The highest BCUT2D eigenvalue weighted by Crippen LogP contribution is 2.21. The van der Waals surface area contributed by atoms with Gasteiger partial charge in [0.25, 0.3) is 11.8 Å². The van der Waals surface area contributed by atoms with E-state index in [9.17, 15) is 9.59 Å². The zero-order valence-corrected chi connectivity index (χ0v) is 18.2. The number of hydrogen-bond acceptors (Lipinski definition) is 4. The first kappa shape index (κ1) is 21.5. The van der Waals surface area contributed by atoms with Gasteiger partial charge in [0.2, 0.25) is 0 Å². The van der Waals surface area contributed by atoms with Gasteiger partial charge in [-0.3, -0.25) is 9.59 Å². The number of carbonyl (C=O) groups is 2. The van der Waals surface area contributed by atoms with Gasteiger partial charge in [0.1, 0.15) is 5.75 Å². The van der Waals surface area contributed by atoms with E-state index in [1.165, 1.54) is 6.21 Å². The van der Waals surface area contributed by atoms with Crippen LogP contribution in [0.3, 0.4) is 0 Å². The van der Waals surface area contributed by atoms with Gasteiger partial charge in [0, 0.05) is 31.9 Å². The van der Waals surface area contributed by atoms with E-state index in [-0.39, 0.29) is 5.91 Å². The third-order valence-corrected chi connectivity index (χ3v) is 4.76. The van der Waals surface area contributed by atoms with Crippen molar-refractivity contribution in [1.82, 2.24) is 5.43 Å². The van der Waals surface area contributed by atoms with Crippen LogP contribution in [0.5, 0.6) is 5.75 Å². The molecule has 0 aromatic heterocycles. The molecule has 3 aromatic carbocycles. The van der Waals surface area contributed by atoms with Crippen molar-refractivity contribution in [3.63, 3.8) is 0 Å². The van der Waals surface area contributed by atoms with Gasteiger partial charge in [-0.2, -0.15) is 5.10 Å². The molecule has 0 heterocycles. The maximum Gasteiger partial charge on any atom is 0.271 e. The van der Waals surface area contributed by atoms with Gasteiger partial charge in [-0.15, -0.1) is 0 Å². The molecule has 0 fully saturated rings. The van der Waals surface area contributed by atoms with Crippen molar-refractivity contribution in [3.05, 3.63) is 92.9 Å². The van der Waals surface area contributed by atoms with Crippen molar-refractivity contribution in [2.24, 2.45) is 5.10 Å². The summed E-state index contributed by atoms with van der Waals surface area (Å²) in [5.74, 6) is -0.115. The van der Waals surface area contributed by atoms with E-state index in [0.29, 0.717) is 33.1 Å². The fraction of sp³-hybridized carbons (Fsp3) is 0.0455. The molecular formula is C22H17BrClN3O3. The van der Waals surface area contributed by atoms with Crippen molar-refractivity contribution < 1.29 is 14.3 Å². The Kier molecular flexibility index (Phi) is 7.21. The van der Waals surface area contributed by atoms with E-state index in [1.54, 1.807) is 61.7 Å². The first-order valence-corrected chi connectivity index (χ1v) is 9.97. The summed E-state index contributed by atoms with van der Waals surface area (Å²) in [6.45, 7) is 0. The Bertz CT molecular complexity index is 1120. The van der Waals surface area contributed by atoms with Crippen molar-refractivity contribution in [2.75, 3.05) is 12.4 Å². The number of hydrazone groups is 1. The van der Waals surface area contributed by atoms with Gasteiger partial charge in [-0.25, -0.2) is 5.43 Å². The van der Waals surface area contributed by atoms with Crippen LogP contribution in [0, 0.1) is 0 Å². The monoisotopic (exact) mass is 485 g/mol. The summed E-state index contributed by atoms with van der Waals surface area (Å²) < 4.78 is 6.13. The molecule has 0 unspecified atom stereocenters. The van der Waals surface area contributed by atoms with E-state index in [0.717, 1.165) is 4.47 Å². The molecule has 2 amide bonds. The Morgan fingerprint density at radius 2 is 1.73 bits per heavy atom. The fourth-order valence-corrected chi connectivity index (χ4v) is 3.17. The summed E-state index contributed by atoms with van der Waals surface area (Å²) in [6, 6.07) is 18.6. The van der Waals surface area contributed by atoms with Gasteiger partial charge >= 0.3 is 0 Å². The van der Waals surface area contributed by atoms with Crippen LogP contribution in [-0.4, -0.2) is 25.1 Å². The van der Waals surface area contributed by atoms with Crippen molar-refractivity contribution >= 4 is 51.2 Å². The van der Waals surface area contributed by atoms with Crippen LogP contribution in [0.4, 0.5) is 5.69 Å². The number of rotatable bonds is 6. The van der Waals surface area contributed by atoms with Crippen molar-refractivity contribution in [1.29, 1.82) is 0 Å². The average molecular weight is 487 g/mol. The minimum absolute atomic E-state index is 0.324. The Balaban J connectivity index is 1.67. The fourth-order valence-electron chi connectivity index (χ4n) is 2.60. The van der Waals surface area contributed by atoms with Gasteiger partial charge < -0.3 is 10.1 Å². The first-order valence-electron chi connectivity index (χ1n) is 8.80. The second-order valence-corrected chi connectivity index (χ2v) is 7.48. The number of nitrogens with one attached hydrogen (secondary N) is 2. The second-order valence-electron chi connectivity index (χ2n) is 6.13. The lowest BCUT2D eigenvalue weighted by atomic mass is 10.1. The highest BCUT2D eigenvalue weighted by Gasteiger charge is 2.09. The molecule has 2 N–H and O–H groups in total. The summed E-state index contributed by atoms with van der Waals surface area (Å²) in [5, 5.41) is 7.20. The van der Waals surface area contributed by atoms with E-state index >= 15 is 0 Å². The number of nitrogens with zero attached hydrogens (tertiary/aromatic N) is 1. The third kappa shape index (κ3) is 5.68. The third-order valence-electron chi connectivity index (χ3n) is 4.03. The average Bonchev–Trinajstić information content (AvgIpc) is 2.74. The summed E-state index contributed by atoms with van der Waals surface area (Å²) in [7, 11) is 1.56. The predicted molar refractivity (Wildman–Crippen MR) is 122 cm³/mol. The number of ether oxygens (including phenoxy) is 1. The number of methoxy groups -OCH3 is 1. The molecular weight excluding hydrogens is 470 g/mol. The topological polar surface area (TPSA) is 79.8 Å². The number of carbonyl (C=O) groups excluding carboxylic acids is 2. The maximum absolute atomic E-state index is 12.4. The molecule has 0 spiro atoms. The van der Waals surface area contributed by atoms with Gasteiger partial charge in [-0.1, -0.05) is 39.7 Å². The Morgan fingerprint density at radius 1 is 1.00 bits per heavy atom. The Labute approximate surface area is 187 Å². The lowest BCUT2D eigenvalue weighted by Crippen LogP contribution is -2.18. The molecule has 30 heavy (non-hydrogen) atoms. The number of benzene rings is 3. The Morgan fingerprint density at radius 3 is 2.47 bits per heavy atom. The van der Waals surface area contributed by atoms with Gasteiger partial charge in [0.05, 0.1) is 13.3 Å². The Hall–Kier alpha value is -3.16. The largest absolute Gasteiger partial charge is 0.496 e. The summed E-state index contributed by atoms with van der Waals surface area (Å²) >= 11 is 9.31. The quantitative estimate of drug-likeness (QED) is 0.374. The zero-order valence-electron chi connectivity index (χ0n) is 15.9. The maximum atomic E-state index is 12.4. The standard InChI is InChI=1S/C22H17BrClN3O3/c1-30-20-9-8-17(23)10-16(20)13-25-27-22(29)15-5-3-7-19(12-15)26-21(28)14-4-2-6-18(24)11-14/h2-13H,1H3,(H,26,28)(H,27,29). The highest BCUT2D eigenvalue weighted by atomic mass is 79.9. The van der Waals surface area contributed by atoms with Crippen LogP contribution in [-0.2, 0) is 0 Å². The molecule has 3 aromatic rings. The first-order chi connectivity index (χ1) is 14.5. The molecule has 0 aliphatic carbocycles. The number of halogens is 2. The van der Waals surface area contributed by atoms with Crippen LogP contribution in [0.15, 0.2) is 76.3 Å². The summed E-state index contributed by atoms with van der Waals surface area (Å²) in [4.78, 5) is 24.8. The molecule has 0 aliphatic heterocycles.